The molecule has 0 radical (unpaired) electrons. The molecule has 156 valence electrons. The molecule has 0 fully saturated rings. The van der Waals surface area contributed by atoms with Crippen molar-refractivity contribution in [2.24, 2.45) is 0 Å². The van der Waals surface area contributed by atoms with Gasteiger partial charge in [0.05, 0.1) is 12.3 Å². The fourth-order valence-corrected chi connectivity index (χ4v) is 3.32. The lowest BCUT2D eigenvalue weighted by molar-refractivity contribution is -0.131. The molecule has 2 unspecified atom stereocenters. The Morgan fingerprint density at radius 3 is 2.52 bits per heavy atom. The summed E-state index contributed by atoms with van der Waals surface area (Å²) in [6, 6.07) is 8.20. The summed E-state index contributed by atoms with van der Waals surface area (Å²) in [4.78, 5) is 11.8. The molecule has 0 aliphatic carbocycles. The number of hydrogen-bond acceptors (Lipinski definition) is 8. The Balaban J connectivity index is 2.08. The molecule has 29 heavy (non-hydrogen) atoms. The first-order chi connectivity index (χ1) is 13.6. The van der Waals surface area contributed by atoms with E-state index in [0.29, 0.717) is 16.8 Å². The highest BCUT2D eigenvalue weighted by atomic mass is 32.2. The largest absolute Gasteiger partial charge is 0.393 e. The topological polar surface area (TPSA) is 150 Å². The standard InChI is InChI=1S/C19H22N2O7S/c1-19(18(24)20-25,29(2,26)27)10-9-15-11-16(28-21-15)8-5-13-3-6-14(7-4-13)17(23)12-22/h3-4,6-7,11,17,22-23,25H,9-10,12H2,1-2H3,(H,20,24). The molecule has 0 spiro atoms. The van der Waals surface area contributed by atoms with Crippen molar-refractivity contribution < 1.29 is 33.2 Å². The quantitative estimate of drug-likeness (QED) is 0.283. The summed E-state index contributed by atoms with van der Waals surface area (Å²) in [6.45, 7) is 0.857. The molecular weight excluding hydrogens is 400 g/mol. The Morgan fingerprint density at radius 2 is 1.97 bits per heavy atom. The molecule has 2 aromatic rings. The summed E-state index contributed by atoms with van der Waals surface area (Å²) in [6.07, 6.45) is -0.00558. The van der Waals surface area contributed by atoms with Crippen molar-refractivity contribution in [3.8, 4) is 11.8 Å². The molecule has 2 rings (SSSR count). The van der Waals surface area contributed by atoms with E-state index in [-0.39, 0.29) is 25.2 Å². The number of aromatic nitrogens is 1. The second-order valence-electron chi connectivity index (χ2n) is 6.70. The number of benzene rings is 1. The highest BCUT2D eigenvalue weighted by molar-refractivity contribution is 7.92. The minimum Gasteiger partial charge on any atom is -0.393 e. The van der Waals surface area contributed by atoms with Gasteiger partial charge in [0, 0.05) is 17.9 Å². The number of sulfone groups is 1. The van der Waals surface area contributed by atoms with Crippen LogP contribution in [0.5, 0.6) is 0 Å². The molecule has 0 saturated heterocycles. The van der Waals surface area contributed by atoms with Gasteiger partial charge in [-0.05, 0) is 43.4 Å². The van der Waals surface area contributed by atoms with Crippen molar-refractivity contribution >= 4 is 15.7 Å². The summed E-state index contributed by atoms with van der Waals surface area (Å²) < 4.78 is 27.2. The molecule has 0 aliphatic rings. The van der Waals surface area contributed by atoms with Crippen LogP contribution in [-0.2, 0) is 21.1 Å². The summed E-state index contributed by atoms with van der Waals surface area (Å²) in [5.41, 5.74) is 3.03. The van der Waals surface area contributed by atoms with Crippen molar-refractivity contribution in [2.45, 2.75) is 30.6 Å². The first kappa shape index (κ1) is 22.6. The lowest BCUT2D eigenvalue weighted by atomic mass is 10.0. The summed E-state index contributed by atoms with van der Waals surface area (Å²) in [5.74, 6) is 4.88. The molecule has 1 heterocycles. The van der Waals surface area contributed by atoms with Crippen molar-refractivity contribution in [1.29, 1.82) is 0 Å². The van der Waals surface area contributed by atoms with E-state index in [2.05, 4.69) is 17.0 Å². The first-order valence-electron chi connectivity index (χ1n) is 8.61. The lowest BCUT2D eigenvalue weighted by Gasteiger charge is -2.24. The number of nitrogens with one attached hydrogen (secondary N) is 1. The number of carbonyl (C=O) groups excluding carboxylic acids is 1. The second kappa shape index (κ2) is 9.19. The fraction of sp³-hybridized carbons (Fsp3) is 0.368. The Bertz CT molecular complexity index is 1020. The molecule has 1 amide bonds. The number of nitrogens with zero attached hydrogens (tertiary/aromatic N) is 1. The smallest absolute Gasteiger partial charge is 0.264 e. The molecule has 9 nitrogen and oxygen atoms in total. The van der Waals surface area contributed by atoms with E-state index in [9.17, 15) is 18.3 Å². The third-order valence-corrected chi connectivity index (χ3v) is 6.64. The van der Waals surface area contributed by atoms with Gasteiger partial charge in [0.25, 0.3) is 5.91 Å². The van der Waals surface area contributed by atoms with E-state index in [4.69, 9.17) is 14.8 Å². The van der Waals surface area contributed by atoms with Crippen LogP contribution in [0.2, 0.25) is 0 Å². The maximum absolute atomic E-state index is 12.0. The molecule has 0 aliphatic heterocycles. The predicted octanol–water partition coefficient (Wildman–Crippen LogP) is 0.341. The summed E-state index contributed by atoms with van der Waals surface area (Å²) >= 11 is 0. The number of rotatable bonds is 7. The van der Waals surface area contributed by atoms with Gasteiger partial charge in [-0.25, -0.2) is 13.9 Å². The van der Waals surface area contributed by atoms with Crippen LogP contribution in [0.4, 0.5) is 0 Å². The van der Waals surface area contributed by atoms with Crippen LogP contribution in [0.1, 0.15) is 42.0 Å². The highest BCUT2D eigenvalue weighted by Crippen LogP contribution is 2.23. The number of hydroxylamine groups is 1. The van der Waals surface area contributed by atoms with Crippen molar-refractivity contribution in [3.05, 3.63) is 52.9 Å². The fourth-order valence-electron chi connectivity index (χ4n) is 2.47. The van der Waals surface area contributed by atoms with Gasteiger partial charge in [-0.15, -0.1) is 0 Å². The molecule has 1 aromatic carbocycles. The lowest BCUT2D eigenvalue weighted by Crippen LogP contribution is -2.49. The van der Waals surface area contributed by atoms with Gasteiger partial charge in [-0.2, -0.15) is 0 Å². The molecule has 2 atom stereocenters. The Kier molecular flexibility index (Phi) is 7.16. The number of aryl methyl sites for hydroxylation is 1. The zero-order chi connectivity index (χ0) is 21.7. The van der Waals surface area contributed by atoms with Crippen LogP contribution in [0, 0.1) is 11.8 Å². The molecule has 10 heteroatoms. The van der Waals surface area contributed by atoms with Crippen LogP contribution in [-0.4, -0.2) is 52.5 Å². The van der Waals surface area contributed by atoms with Crippen LogP contribution in [0.25, 0.3) is 0 Å². The number of amides is 1. The van der Waals surface area contributed by atoms with Gasteiger partial charge in [-0.1, -0.05) is 23.2 Å². The number of aliphatic hydroxyl groups excluding tert-OH is 2. The number of aliphatic hydroxyl groups is 2. The SMILES string of the molecule is CC(CCc1cc(C#Cc2ccc(C(O)CO)cc2)on1)(C(=O)NO)S(C)(=O)=O. The summed E-state index contributed by atoms with van der Waals surface area (Å²) in [7, 11) is -3.79. The first-order valence-corrected chi connectivity index (χ1v) is 10.5. The Labute approximate surface area is 168 Å². The normalized spacial score (nSPS) is 14.4. The monoisotopic (exact) mass is 422 g/mol. The van der Waals surface area contributed by atoms with Crippen LogP contribution < -0.4 is 5.48 Å². The van der Waals surface area contributed by atoms with Crippen LogP contribution in [0.3, 0.4) is 0 Å². The maximum atomic E-state index is 12.0. The summed E-state index contributed by atoms with van der Waals surface area (Å²) in [5, 5.41) is 31.1. The number of carbonyl (C=O) groups is 1. The second-order valence-corrected chi connectivity index (χ2v) is 9.14. The molecule has 4 N–H and O–H groups in total. The van der Waals surface area contributed by atoms with Crippen LogP contribution >= 0.6 is 0 Å². The third kappa shape index (κ3) is 5.42. The zero-order valence-corrected chi connectivity index (χ0v) is 16.7. The van der Waals surface area contributed by atoms with Gasteiger partial charge in [0.1, 0.15) is 10.9 Å². The molecule has 0 saturated carbocycles. The van der Waals surface area contributed by atoms with Crippen LogP contribution in [0.15, 0.2) is 34.9 Å². The van der Waals surface area contributed by atoms with Gasteiger partial charge in [0.15, 0.2) is 9.84 Å². The average molecular weight is 422 g/mol. The van der Waals surface area contributed by atoms with E-state index in [1.165, 1.54) is 18.5 Å². The minimum absolute atomic E-state index is 0.105. The van der Waals surface area contributed by atoms with Gasteiger partial charge in [0.2, 0.25) is 5.76 Å². The van der Waals surface area contributed by atoms with E-state index >= 15 is 0 Å². The third-order valence-electron chi connectivity index (χ3n) is 4.62. The molecule has 0 bridgehead atoms. The number of hydrogen-bond donors (Lipinski definition) is 4. The molecule has 1 aromatic heterocycles. The van der Waals surface area contributed by atoms with E-state index < -0.39 is 26.6 Å². The van der Waals surface area contributed by atoms with Gasteiger partial charge in [-0.3, -0.25) is 10.0 Å². The average Bonchev–Trinajstić information content (AvgIpc) is 3.16. The Morgan fingerprint density at radius 1 is 1.31 bits per heavy atom. The maximum Gasteiger partial charge on any atom is 0.264 e. The molecular formula is C19H22N2O7S. The Hall–Kier alpha value is -2.71. The van der Waals surface area contributed by atoms with E-state index in [0.717, 1.165) is 6.26 Å². The van der Waals surface area contributed by atoms with Crippen molar-refractivity contribution in [3.63, 3.8) is 0 Å². The minimum atomic E-state index is -3.79. The highest BCUT2D eigenvalue weighted by Gasteiger charge is 2.43. The van der Waals surface area contributed by atoms with Gasteiger partial charge < -0.3 is 14.7 Å². The van der Waals surface area contributed by atoms with E-state index in [1.807, 2.05) is 0 Å². The zero-order valence-electron chi connectivity index (χ0n) is 15.9. The van der Waals surface area contributed by atoms with Crippen molar-refractivity contribution in [2.75, 3.05) is 12.9 Å². The van der Waals surface area contributed by atoms with Crippen molar-refractivity contribution in [1.82, 2.24) is 10.6 Å². The predicted molar refractivity (Wildman–Crippen MR) is 102 cm³/mol. The van der Waals surface area contributed by atoms with E-state index in [1.54, 1.807) is 24.3 Å². The van der Waals surface area contributed by atoms with Gasteiger partial charge >= 0.3 is 0 Å².